The fraction of sp³-hybridized carbons (Fsp3) is 0.636. The fourth-order valence-corrected chi connectivity index (χ4v) is 3.03. The average Bonchev–Trinajstić information content (AvgIpc) is 2.91. The summed E-state index contributed by atoms with van der Waals surface area (Å²) in [6, 6.07) is 0. The molecule has 0 amide bonds. The van der Waals surface area contributed by atoms with Crippen molar-refractivity contribution < 1.29 is 18.0 Å². The number of nitrogens with one attached hydrogen (secondary N) is 1. The second-order valence-electron chi connectivity index (χ2n) is 4.95. The highest BCUT2D eigenvalue weighted by Crippen LogP contribution is 2.33. The molecule has 2 heterocycles. The van der Waals surface area contributed by atoms with Crippen molar-refractivity contribution in [3.8, 4) is 0 Å². The number of thioether (sulfide) groups is 1. The highest BCUT2D eigenvalue weighted by atomic mass is 35.5. The van der Waals surface area contributed by atoms with Gasteiger partial charge in [0, 0.05) is 19.2 Å². The van der Waals surface area contributed by atoms with E-state index in [1.165, 1.54) is 7.05 Å². The van der Waals surface area contributed by atoms with Crippen LogP contribution < -0.4 is 5.56 Å². The summed E-state index contributed by atoms with van der Waals surface area (Å²) < 4.78 is 39.4. The molecule has 10 heteroatoms. The molecule has 0 spiro atoms. The molecule has 1 N–H and O–H groups in total. The molecule has 1 aromatic rings. The van der Waals surface area contributed by atoms with Crippen LogP contribution in [0.4, 0.5) is 13.2 Å². The van der Waals surface area contributed by atoms with Crippen molar-refractivity contribution in [3.05, 3.63) is 21.6 Å². The zero-order chi connectivity index (χ0) is 15.8. The van der Waals surface area contributed by atoms with Gasteiger partial charge in [0.1, 0.15) is 10.7 Å². The van der Waals surface area contributed by atoms with Gasteiger partial charge >= 0.3 is 6.18 Å². The van der Waals surface area contributed by atoms with E-state index in [0.29, 0.717) is 11.5 Å². The Morgan fingerprint density at radius 1 is 1.57 bits per heavy atom. The molecule has 1 aliphatic heterocycles. The number of alkyl halides is 4. The summed E-state index contributed by atoms with van der Waals surface area (Å²) in [6.07, 6.45) is -4.19. The fourth-order valence-electron chi connectivity index (χ4n) is 1.81. The normalized spacial score (nSPS) is 22.3. The highest BCUT2D eigenvalue weighted by molar-refractivity contribution is 8.13. The van der Waals surface area contributed by atoms with Crippen LogP contribution in [-0.2, 0) is 23.8 Å². The summed E-state index contributed by atoms with van der Waals surface area (Å²) in [5.41, 5.74) is -2.69. The monoisotopic (exact) mass is 343 g/mol. The van der Waals surface area contributed by atoms with Gasteiger partial charge in [0.15, 0.2) is 5.60 Å². The summed E-state index contributed by atoms with van der Waals surface area (Å²) in [4.78, 5) is 16.9. The molecule has 0 aliphatic carbocycles. The van der Waals surface area contributed by atoms with Gasteiger partial charge in [-0.05, 0) is 6.92 Å². The lowest BCUT2D eigenvalue weighted by Gasteiger charge is -2.16. The molecule has 21 heavy (non-hydrogen) atoms. The number of oxime groups is 1. The maximum Gasteiger partial charge on any atom is 0.433 e. The van der Waals surface area contributed by atoms with Crippen molar-refractivity contribution in [1.29, 1.82) is 0 Å². The Morgan fingerprint density at radius 3 is 2.76 bits per heavy atom. The zero-order valence-corrected chi connectivity index (χ0v) is 12.8. The van der Waals surface area contributed by atoms with Gasteiger partial charge in [0.25, 0.3) is 5.56 Å². The average molecular weight is 344 g/mol. The lowest BCUT2D eigenvalue weighted by Crippen LogP contribution is -2.26. The maximum atomic E-state index is 12.9. The number of aryl methyl sites for hydroxylation is 1. The summed E-state index contributed by atoms with van der Waals surface area (Å²) in [5, 5.41) is 6.35. The summed E-state index contributed by atoms with van der Waals surface area (Å²) >= 11 is 6.78. The van der Waals surface area contributed by atoms with Crippen LogP contribution >= 0.6 is 23.4 Å². The Morgan fingerprint density at radius 2 is 2.24 bits per heavy atom. The SMILES string of the molecule is Cn1[nH]c(C(F)(F)F)c(CSC2=NOC(C)(CCl)C2)c1=O. The first-order chi connectivity index (χ1) is 9.66. The molecule has 0 bridgehead atoms. The van der Waals surface area contributed by atoms with Crippen LogP contribution in [0, 0.1) is 0 Å². The van der Waals surface area contributed by atoms with E-state index in [4.69, 9.17) is 16.4 Å². The van der Waals surface area contributed by atoms with E-state index in [1.54, 1.807) is 6.92 Å². The molecule has 0 aromatic carbocycles. The van der Waals surface area contributed by atoms with E-state index in [-0.39, 0.29) is 17.2 Å². The van der Waals surface area contributed by atoms with Crippen LogP contribution in [0.15, 0.2) is 9.95 Å². The lowest BCUT2D eigenvalue weighted by atomic mass is 10.1. The first-order valence-corrected chi connectivity index (χ1v) is 7.47. The zero-order valence-electron chi connectivity index (χ0n) is 11.3. The largest absolute Gasteiger partial charge is 0.433 e. The Hall–Kier alpha value is -1.09. The van der Waals surface area contributed by atoms with Crippen molar-refractivity contribution in [1.82, 2.24) is 9.78 Å². The number of halogens is 4. The molecular weight excluding hydrogens is 331 g/mol. The molecular formula is C11H13ClF3N3O2S. The number of H-pyrrole nitrogens is 1. The third kappa shape index (κ3) is 3.39. The van der Waals surface area contributed by atoms with E-state index in [1.807, 2.05) is 5.10 Å². The molecule has 0 fully saturated rings. The van der Waals surface area contributed by atoms with Crippen LogP contribution in [0.2, 0.25) is 0 Å². The van der Waals surface area contributed by atoms with Gasteiger partial charge in [-0.25, -0.2) is 0 Å². The molecule has 0 saturated heterocycles. The number of rotatable bonds is 3. The molecule has 0 saturated carbocycles. The van der Waals surface area contributed by atoms with Gasteiger partial charge in [0.2, 0.25) is 0 Å². The van der Waals surface area contributed by atoms with Gasteiger partial charge < -0.3 is 4.84 Å². The minimum atomic E-state index is -4.60. The Kier molecular flexibility index (Phi) is 4.34. The predicted octanol–water partition coefficient (Wildman–Crippen LogP) is 2.70. The number of nitrogens with zero attached hydrogens (tertiary/aromatic N) is 2. The van der Waals surface area contributed by atoms with Crippen LogP contribution in [0.25, 0.3) is 0 Å². The number of hydrogen-bond acceptors (Lipinski definition) is 4. The Bertz CT molecular complexity index is 625. The van der Waals surface area contributed by atoms with Gasteiger partial charge in [0.05, 0.1) is 11.4 Å². The molecule has 2 rings (SSSR count). The molecule has 5 nitrogen and oxygen atoms in total. The summed E-state index contributed by atoms with van der Waals surface area (Å²) in [6.45, 7) is 1.76. The van der Waals surface area contributed by atoms with Crippen LogP contribution in [-0.4, -0.2) is 26.3 Å². The summed E-state index contributed by atoms with van der Waals surface area (Å²) in [5.74, 6) is 0.0891. The van der Waals surface area contributed by atoms with Crippen molar-refractivity contribution >= 4 is 28.4 Å². The molecule has 0 radical (unpaired) electrons. The number of hydrogen-bond donors (Lipinski definition) is 1. The van der Waals surface area contributed by atoms with Crippen LogP contribution in [0.5, 0.6) is 0 Å². The minimum Gasteiger partial charge on any atom is -0.387 e. The Balaban J connectivity index is 2.13. The molecule has 1 aliphatic rings. The second-order valence-corrected chi connectivity index (χ2v) is 6.27. The molecule has 118 valence electrons. The number of aromatic amines is 1. The highest BCUT2D eigenvalue weighted by Gasteiger charge is 2.38. The first kappa shape index (κ1) is 16.3. The topological polar surface area (TPSA) is 59.4 Å². The van der Waals surface area contributed by atoms with E-state index in [0.717, 1.165) is 16.4 Å². The summed E-state index contributed by atoms with van der Waals surface area (Å²) in [7, 11) is 1.24. The molecule has 1 unspecified atom stereocenters. The predicted molar refractivity (Wildman–Crippen MR) is 74.6 cm³/mol. The molecule has 1 atom stereocenters. The minimum absolute atomic E-state index is 0.133. The second kappa shape index (κ2) is 5.60. The lowest BCUT2D eigenvalue weighted by molar-refractivity contribution is -0.141. The molecule has 1 aromatic heterocycles. The van der Waals surface area contributed by atoms with Crippen molar-refractivity contribution in [2.75, 3.05) is 5.88 Å². The maximum absolute atomic E-state index is 12.9. The van der Waals surface area contributed by atoms with Crippen molar-refractivity contribution in [2.24, 2.45) is 12.2 Å². The third-order valence-corrected chi connectivity index (χ3v) is 4.54. The van der Waals surface area contributed by atoms with E-state index in [9.17, 15) is 18.0 Å². The van der Waals surface area contributed by atoms with Gasteiger partial charge in [-0.15, -0.1) is 23.4 Å². The van der Waals surface area contributed by atoms with Gasteiger partial charge in [-0.1, -0.05) is 5.16 Å². The third-order valence-electron chi connectivity index (χ3n) is 2.99. The van der Waals surface area contributed by atoms with Crippen molar-refractivity contribution in [2.45, 2.75) is 30.9 Å². The smallest absolute Gasteiger partial charge is 0.387 e. The van der Waals surface area contributed by atoms with E-state index < -0.39 is 23.0 Å². The quantitative estimate of drug-likeness (QED) is 0.858. The van der Waals surface area contributed by atoms with E-state index >= 15 is 0 Å². The van der Waals surface area contributed by atoms with Crippen LogP contribution in [0.1, 0.15) is 24.6 Å². The van der Waals surface area contributed by atoms with E-state index in [2.05, 4.69) is 5.16 Å². The van der Waals surface area contributed by atoms with Crippen LogP contribution in [0.3, 0.4) is 0 Å². The van der Waals surface area contributed by atoms with Crippen molar-refractivity contribution in [3.63, 3.8) is 0 Å². The standard InChI is InChI=1S/C11H13ClF3N3O2S/c1-10(5-12)3-7(17-20-10)21-4-6-8(11(13,14)15)16-18(2)9(6)19/h16H,3-5H2,1-2H3. The van der Waals surface area contributed by atoms with Gasteiger partial charge in [-0.3, -0.25) is 14.6 Å². The van der Waals surface area contributed by atoms with Gasteiger partial charge in [-0.2, -0.15) is 13.2 Å². The Labute approximate surface area is 127 Å². The number of aromatic nitrogens is 2. The first-order valence-electron chi connectivity index (χ1n) is 5.95.